The van der Waals surface area contributed by atoms with E-state index in [4.69, 9.17) is 9.90 Å². The fraction of sp³-hybridized carbons (Fsp3) is 0.429. The molecular weight excluding hydrogens is 447 g/mol. The van der Waals surface area contributed by atoms with Crippen LogP contribution in [0.5, 0.6) is 0 Å². The fourth-order valence-corrected chi connectivity index (χ4v) is 4.53. The number of nitrogens with zero attached hydrogens (tertiary/aromatic N) is 3. The molecule has 0 aliphatic carbocycles. The number of carbonyl (C=O) groups is 3. The van der Waals surface area contributed by atoms with Crippen LogP contribution < -0.4 is 0 Å². The van der Waals surface area contributed by atoms with Crippen molar-refractivity contribution in [2.45, 2.75) is 32.0 Å². The first-order chi connectivity index (χ1) is 15.1. The van der Waals surface area contributed by atoms with Gasteiger partial charge in [-0.1, -0.05) is 6.07 Å². The van der Waals surface area contributed by atoms with Crippen LogP contribution in [0.15, 0.2) is 41.2 Å². The van der Waals surface area contributed by atoms with Gasteiger partial charge in [0.15, 0.2) is 0 Å². The number of hydrogen-bond acceptors (Lipinski definition) is 5. The number of carboxylic acids is 1. The number of hydrogen-bond donors (Lipinski definition) is 1. The molecule has 1 spiro atoms. The zero-order valence-electron chi connectivity index (χ0n) is 17.0. The van der Waals surface area contributed by atoms with Gasteiger partial charge in [0.25, 0.3) is 5.91 Å². The lowest BCUT2D eigenvalue weighted by molar-refractivity contribution is -0.192. The van der Waals surface area contributed by atoms with Crippen molar-refractivity contribution in [2.24, 2.45) is 5.41 Å². The molecule has 1 N–H and O–H groups in total. The highest BCUT2D eigenvalue weighted by atomic mass is 32.1. The van der Waals surface area contributed by atoms with Crippen LogP contribution in [-0.2, 0) is 16.1 Å². The number of alkyl halides is 3. The zero-order chi connectivity index (χ0) is 23.4. The third-order valence-corrected chi connectivity index (χ3v) is 6.38. The van der Waals surface area contributed by atoms with E-state index in [1.807, 2.05) is 44.8 Å². The predicted molar refractivity (Wildman–Crippen MR) is 110 cm³/mol. The van der Waals surface area contributed by atoms with Crippen molar-refractivity contribution in [1.82, 2.24) is 14.8 Å². The van der Waals surface area contributed by atoms with Crippen LogP contribution in [0.2, 0.25) is 0 Å². The number of aliphatic carboxylic acids is 1. The van der Waals surface area contributed by atoms with Gasteiger partial charge in [-0.25, -0.2) is 4.79 Å². The number of likely N-dealkylation sites (tertiary alicyclic amines) is 2. The van der Waals surface area contributed by atoms with Crippen molar-refractivity contribution in [3.8, 4) is 0 Å². The number of carbonyl (C=O) groups excluding carboxylic acids is 2. The van der Waals surface area contributed by atoms with Crippen molar-refractivity contribution in [1.29, 1.82) is 0 Å². The molecular formula is C21H22F3N3O4S. The molecule has 0 atom stereocenters. The van der Waals surface area contributed by atoms with E-state index in [1.54, 1.807) is 6.20 Å². The molecule has 32 heavy (non-hydrogen) atoms. The Morgan fingerprint density at radius 1 is 1.12 bits per heavy atom. The topological polar surface area (TPSA) is 90.8 Å². The minimum atomic E-state index is -5.08. The number of pyridine rings is 1. The van der Waals surface area contributed by atoms with E-state index in [9.17, 15) is 22.8 Å². The van der Waals surface area contributed by atoms with Gasteiger partial charge in [-0.05, 0) is 42.8 Å². The Morgan fingerprint density at radius 3 is 2.31 bits per heavy atom. The van der Waals surface area contributed by atoms with Crippen LogP contribution in [0.3, 0.4) is 0 Å². The van der Waals surface area contributed by atoms with Crippen LogP contribution in [0, 0.1) is 5.41 Å². The van der Waals surface area contributed by atoms with Gasteiger partial charge in [0, 0.05) is 31.2 Å². The summed E-state index contributed by atoms with van der Waals surface area (Å²) in [6.07, 6.45) is -0.903. The molecule has 2 aromatic rings. The molecule has 4 rings (SSSR count). The van der Waals surface area contributed by atoms with Gasteiger partial charge >= 0.3 is 12.1 Å². The lowest BCUT2D eigenvalue weighted by Crippen LogP contribution is -2.46. The molecule has 2 amide bonds. The number of thiophene rings is 1. The second kappa shape index (κ2) is 9.68. The molecule has 0 radical (unpaired) electrons. The first-order valence-electron chi connectivity index (χ1n) is 9.93. The Kier molecular flexibility index (Phi) is 7.17. The van der Waals surface area contributed by atoms with E-state index >= 15 is 0 Å². The third-order valence-electron chi connectivity index (χ3n) is 5.70. The molecule has 0 saturated carbocycles. The van der Waals surface area contributed by atoms with Gasteiger partial charge in [0.2, 0.25) is 5.91 Å². The van der Waals surface area contributed by atoms with Crippen LogP contribution in [-0.4, -0.2) is 63.5 Å². The SMILES string of the molecule is O=C(O)C(F)(F)F.O=C(c1ccsc1)N1CCC2(CC1)CCN(Cc1ccccn1)C2=O. The second-order valence-electron chi connectivity index (χ2n) is 7.69. The Balaban J connectivity index is 0.000000360. The summed E-state index contributed by atoms with van der Waals surface area (Å²) < 4.78 is 31.7. The fourth-order valence-electron chi connectivity index (χ4n) is 3.90. The minimum absolute atomic E-state index is 0.0897. The number of carboxylic acid groups (broad SMARTS) is 1. The Morgan fingerprint density at radius 2 is 1.78 bits per heavy atom. The van der Waals surface area contributed by atoms with Gasteiger partial charge in [-0.15, -0.1) is 0 Å². The number of rotatable bonds is 3. The second-order valence-corrected chi connectivity index (χ2v) is 8.47. The Labute approximate surface area is 186 Å². The van der Waals surface area contributed by atoms with Gasteiger partial charge in [-0.3, -0.25) is 14.6 Å². The van der Waals surface area contributed by atoms with Crippen molar-refractivity contribution in [3.05, 3.63) is 52.5 Å². The summed E-state index contributed by atoms with van der Waals surface area (Å²) in [4.78, 5) is 42.5. The third kappa shape index (κ3) is 5.45. The van der Waals surface area contributed by atoms with Crippen molar-refractivity contribution < 1.29 is 32.7 Å². The van der Waals surface area contributed by atoms with Crippen LogP contribution in [0.4, 0.5) is 13.2 Å². The molecule has 2 saturated heterocycles. The van der Waals surface area contributed by atoms with Gasteiger partial charge in [0.1, 0.15) is 0 Å². The normalized spacial score (nSPS) is 17.8. The summed E-state index contributed by atoms with van der Waals surface area (Å²) in [5.41, 5.74) is 1.41. The summed E-state index contributed by atoms with van der Waals surface area (Å²) in [6, 6.07) is 7.66. The molecule has 7 nitrogen and oxygen atoms in total. The van der Waals surface area contributed by atoms with Crippen molar-refractivity contribution >= 4 is 29.1 Å². The summed E-state index contributed by atoms with van der Waals surface area (Å²) >= 11 is 1.54. The van der Waals surface area contributed by atoms with E-state index in [0.717, 1.165) is 37.1 Å². The van der Waals surface area contributed by atoms with Gasteiger partial charge in [0.05, 0.1) is 23.2 Å². The molecule has 11 heteroatoms. The van der Waals surface area contributed by atoms with E-state index in [0.29, 0.717) is 19.6 Å². The smallest absolute Gasteiger partial charge is 0.475 e. The highest BCUT2D eigenvalue weighted by Crippen LogP contribution is 2.42. The molecule has 4 heterocycles. The minimum Gasteiger partial charge on any atom is -0.475 e. The van der Waals surface area contributed by atoms with Gasteiger partial charge in [-0.2, -0.15) is 24.5 Å². The van der Waals surface area contributed by atoms with Crippen LogP contribution in [0.1, 0.15) is 35.3 Å². The Bertz CT molecular complexity index is 943. The molecule has 0 unspecified atom stereocenters. The summed E-state index contributed by atoms with van der Waals surface area (Å²) in [5.74, 6) is -2.43. The lowest BCUT2D eigenvalue weighted by Gasteiger charge is -2.37. The predicted octanol–water partition coefficient (Wildman–Crippen LogP) is 3.43. The van der Waals surface area contributed by atoms with Gasteiger partial charge < -0.3 is 14.9 Å². The standard InChI is InChI=1S/C19H21N3O2S.C2HF3O2/c23-17(15-4-12-25-14-15)21-9-5-19(6-10-21)7-11-22(18(19)24)13-16-3-1-2-8-20-16;3-2(4,5)1(6)7/h1-4,8,12,14H,5-7,9-11,13H2;(H,6,7). The molecule has 0 aromatic carbocycles. The number of halogens is 3. The highest BCUT2D eigenvalue weighted by Gasteiger charge is 2.48. The molecule has 2 aromatic heterocycles. The molecule has 2 fully saturated rings. The lowest BCUT2D eigenvalue weighted by atomic mass is 9.77. The molecule has 2 aliphatic heterocycles. The van der Waals surface area contributed by atoms with Crippen LogP contribution in [0.25, 0.3) is 0 Å². The first kappa shape index (κ1) is 23.7. The van der Waals surface area contributed by atoms with E-state index < -0.39 is 12.1 Å². The average Bonchev–Trinajstić information content (AvgIpc) is 3.40. The maximum absolute atomic E-state index is 13.0. The van der Waals surface area contributed by atoms with Crippen molar-refractivity contribution in [3.63, 3.8) is 0 Å². The summed E-state index contributed by atoms with van der Waals surface area (Å²) in [5, 5.41) is 10.9. The van der Waals surface area contributed by atoms with E-state index in [2.05, 4.69) is 4.98 Å². The quantitative estimate of drug-likeness (QED) is 0.744. The van der Waals surface area contributed by atoms with E-state index in [-0.39, 0.29) is 17.2 Å². The number of piperidine rings is 1. The summed E-state index contributed by atoms with van der Waals surface area (Å²) in [6.45, 7) is 2.70. The maximum atomic E-state index is 13.0. The Hall–Kier alpha value is -2.95. The maximum Gasteiger partial charge on any atom is 0.490 e. The largest absolute Gasteiger partial charge is 0.490 e. The summed E-state index contributed by atoms with van der Waals surface area (Å²) in [7, 11) is 0. The first-order valence-corrected chi connectivity index (χ1v) is 10.9. The molecule has 2 aliphatic rings. The van der Waals surface area contributed by atoms with Crippen molar-refractivity contribution in [2.75, 3.05) is 19.6 Å². The molecule has 172 valence electrons. The number of aromatic nitrogens is 1. The average molecular weight is 469 g/mol. The monoisotopic (exact) mass is 469 g/mol. The zero-order valence-corrected chi connectivity index (χ0v) is 17.9. The van der Waals surface area contributed by atoms with E-state index in [1.165, 1.54) is 11.3 Å². The molecule has 0 bridgehead atoms. The highest BCUT2D eigenvalue weighted by molar-refractivity contribution is 7.08. The van der Waals surface area contributed by atoms with Crippen LogP contribution >= 0.6 is 11.3 Å². The number of amides is 2.